The molecule has 4 nitrogen and oxygen atoms in total. The molecular weight excluding hydrogens is 156 g/mol. The van der Waals surface area contributed by atoms with Crippen LogP contribution in [0.25, 0.3) is 0 Å². The summed E-state index contributed by atoms with van der Waals surface area (Å²) in [6.45, 7) is 2.42. The van der Waals surface area contributed by atoms with E-state index in [9.17, 15) is 9.59 Å². The molecule has 1 heterocycles. The number of hydrogen-bond acceptors (Lipinski definition) is 2. The molecule has 0 aromatic carbocycles. The Kier molecular flexibility index (Phi) is 2.68. The molecule has 1 N–H and O–H groups in total. The fraction of sp³-hybridized carbons (Fsp3) is 0.750. The first-order valence-corrected chi connectivity index (χ1v) is 4.19. The molecule has 4 heteroatoms. The molecule has 0 unspecified atom stereocenters. The minimum Gasteiger partial charge on any atom is -0.344 e. The Bertz CT molecular complexity index is 203. The molecule has 1 aliphatic rings. The van der Waals surface area contributed by atoms with Crippen LogP contribution in [0.15, 0.2) is 0 Å². The molecule has 0 aromatic rings. The van der Waals surface area contributed by atoms with E-state index in [0.29, 0.717) is 19.4 Å². The van der Waals surface area contributed by atoms with Gasteiger partial charge in [-0.3, -0.25) is 9.59 Å². The van der Waals surface area contributed by atoms with Crippen LogP contribution in [0.1, 0.15) is 19.8 Å². The van der Waals surface area contributed by atoms with Crippen LogP contribution in [0.4, 0.5) is 0 Å². The predicted octanol–water partition coefficient (Wildman–Crippen LogP) is -0.257. The summed E-state index contributed by atoms with van der Waals surface area (Å²) >= 11 is 0. The molecule has 0 aromatic heterocycles. The standard InChI is InChI=1S/C8H14N2O2/c1-3-6-8(12)10(2)5-4-7(11)9-6/h6H,3-5H2,1-2H3,(H,9,11)/t6-/m0/s1. The maximum Gasteiger partial charge on any atom is 0.244 e. The van der Waals surface area contributed by atoms with E-state index in [2.05, 4.69) is 5.32 Å². The summed E-state index contributed by atoms with van der Waals surface area (Å²) in [5.74, 6) is -0.0112. The Labute approximate surface area is 71.9 Å². The maximum atomic E-state index is 11.4. The molecule has 1 atom stereocenters. The van der Waals surface area contributed by atoms with Gasteiger partial charge in [0.1, 0.15) is 6.04 Å². The zero-order valence-corrected chi connectivity index (χ0v) is 7.46. The number of rotatable bonds is 1. The van der Waals surface area contributed by atoms with Crippen molar-refractivity contribution in [3.05, 3.63) is 0 Å². The Balaban J connectivity index is 2.71. The lowest BCUT2D eigenvalue weighted by molar-refractivity contribution is -0.132. The van der Waals surface area contributed by atoms with Crippen molar-refractivity contribution >= 4 is 11.8 Å². The quantitative estimate of drug-likeness (QED) is 0.589. The first kappa shape index (κ1) is 9.03. The first-order valence-electron chi connectivity index (χ1n) is 4.19. The van der Waals surface area contributed by atoms with E-state index in [1.165, 1.54) is 0 Å². The second-order valence-corrected chi connectivity index (χ2v) is 3.04. The third-order valence-corrected chi connectivity index (χ3v) is 2.09. The van der Waals surface area contributed by atoms with Gasteiger partial charge in [0.05, 0.1) is 0 Å². The van der Waals surface area contributed by atoms with Crippen molar-refractivity contribution in [2.24, 2.45) is 0 Å². The zero-order chi connectivity index (χ0) is 9.14. The summed E-state index contributed by atoms with van der Waals surface area (Å²) in [6, 6.07) is -0.315. The highest BCUT2D eigenvalue weighted by Crippen LogP contribution is 2.03. The normalized spacial score (nSPS) is 25.2. The van der Waals surface area contributed by atoms with Crippen molar-refractivity contribution in [2.75, 3.05) is 13.6 Å². The molecule has 1 fully saturated rings. The Morgan fingerprint density at radius 3 is 2.83 bits per heavy atom. The molecule has 1 rings (SSSR count). The van der Waals surface area contributed by atoms with Gasteiger partial charge >= 0.3 is 0 Å². The van der Waals surface area contributed by atoms with Gasteiger partial charge in [-0.1, -0.05) is 6.92 Å². The van der Waals surface area contributed by atoms with Gasteiger partial charge in [0.25, 0.3) is 0 Å². The van der Waals surface area contributed by atoms with Crippen molar-refractivity contribution in [2.45, 2.75) is 25.8 Å². The second-order valence-electron chi connectivity index (χ2n) is 3.04. The van der Waals surface area contributed by atoms with Gasteiger partial charge in [0.2, 0.25) is 11.8 Å². The average Bonchev–Trinajstić information content (AvgIpc) is 2.18. The average molecular weight is 170 g/mol. The van der Waals surface area contributed by atoms with Crippen LogP contribution in [-0.2, 0) is 9.59 Å². The molecular formula is C8H14N2O2. The van der Waals surface area contributed by atoms with E-state index in [1.807, 2.05) is 6.92 Å². The van der Waals surface area contributed by atoms with Crippen LogP contribution >= 0.6 is 0 Å². The van der Waals surface area contributed by atoms with Gasteiger partial charge in [-0.2, -0.15) is 0 Å². The van der Waals surface area contributed by atoms with Gasteiger partial charge in [-0.05, 0) is 6.42 Å². The number of hydrogen-bond donors (Lipinski definition) is 1. The van der Waals surface area contributed by atoms with Gasteiger partial charge in [0, 0.05) is 20.0 Å². The highest BCUT2D eigenvalue weighted by atomic mass is 16.2. The maximum absolute atomic E-state index is 11.4. The third-order valence-electron chi connectivity index (χ3n) is 2.09. The van der Waals surface area contributed by atoms with Crippen LogP contribution in [0.2, 0.25) is 0 Å². The van der Waals surface area contributed by atoms with E-state index < -0.39 is 0 Å². The molecule has 1 aliphatic heterocycles. The summed E-state index contributed by atoms with van der Waals surface area (Å²) in [4.78, 5) is 24.1. The Morgan fingerprint density at radius 2 is 2.25 bits per heavy atom. The van der Waals surface area contributed by atoms with Crippen LogP contribution in [0.3, 0.4) is 0 Å². The molecule has 2 amide bonds. The number of carbonyl (C=O) groups is 2. The van der Waals surface area contributed by atoms with Crippen LogP contribution < -0.4 is 5.32 Å². The highest BCUT2D eigenvalue weighted by molar-refractivity contribution is 5.89. The molecule has 0 spiro atoms. The minimum absolute atomic E-state index is 0.0170. The zero-order valence-electron chi connectivity index (χ0n) is 7.46. The summed E-state index contributed by atoms with van der Waals surface area (Å²) in [7, 11) is 1.73. The number of nitrogens with one attached hydrogen (secondary N) is 1. The highest BCUT2D eigenvalue weighted by Gasteiger charge is 2.25. The van der Waals surface area contributed by atoms with Crippen molar-refractivity contribution in [1.29, 1.82) is 0 Å². The van der Waals surface area contributed by atoms with Crippen molar-refractivity contribution in [3.8, 4) is 0 Å². The Hall–Kier alpha value is -1.06. The summed E-state index contributed by atoms with van der Waals surface area (Å²) < 4.78 is 0. The van der Waals surface area contributed by atoms with Gasteiger partial charge in [0.15, 0.2) is 0 Å². The van der Waals surface area contributed by atoms with E-state index >= 15 is 0 Å². The third kappa shape index (κ3) is 1.75. The first-order chi connectivity index (χ1) is 5.65. The van der Waals surface area contributed by atoms with Crippen LogP contribution in [0, 0.1) is 0 Å². The lowest BCUT2D eigenvalue weighted by atomic mass is 10.2. The molecule has 0 radical (unpaired) electrons. The smallest absolute Gasteiger partial charge is 0.244 e. The van der Waals surface area contributed by atoms with Crippen molar-refractivity contribution in [3.63, 3.8) is 0 Å². The number of likely N-dealkylation sites (N-methyl/N-ethyl adjacent to an activating group) is 1. The Morgan fingerprint density at radius 1 is 1.58 bits per heavy atom. The molecule has 0 bridgehead atoms. The van der Waals surface area contributed by atoms with E-state index in [4.69, 9.17) is 0 Å². The fourth-order valence-electron chi connectivity index (χ4n) is 1.25. The molecule has 0 aliphatic carbocycles. The van der Waals surface area contributed by atoms with Gasteiger partial charge in [-0.15, -0.1) is 0 Å². The monoisotopic (exact) mass is 170 g/mol. The summed E-state index contributed by atoms with van der Waals surface area (Å²) in [5, 5.41) is 2.68. The van der Waals surface area contributed by atoms with E-state index in [0.717, 1.165) is 0 Å². The van der Waals surface area contributed by atoms with Crippen molar-refractivity contribution in [1.82, 2.24) is 10.2 Å². The summed E-state index contributed by atoms with van der Waals surface area (Å²) in [5.41, 5.74) is 0. The molecule has 1 saturated heterocycles. The number of carbonyl (C=O) groups excluding carboxylic acids is 2. The lowest BCUT2D eigenvalue weighted by Crippen LogP contribution is -2.42. The lowest BCUT2D eigenvalue weighted by Gasteiger charge is -2.17. The fourth-order valence-corrected chi connectivity index (χ4v) is 1.25. The largest absolute Gasteiger partial charge is 0.344 e. The molecule has 0 saturated carbocycles. The SMILES string of the molecule is CC[C@@H]1NC(=O)CCN(C)C1=O. The minimum atomic E-state index is -0.315. The van der Waals surface area contributed by atoms with Gasteiger partial charge in [-0.25, -0.2) is 0 Å². The number of nitrogens with zero attached hydrogens (tertiary/aromatic N) is 1. The topological polar surface area (TPSA) is 49.4 Å². The van der Waals surface area contributed by atoms with Crippen LogP contribution in [-0.4, -0.2) is 36.3 Å². The van der Waals surface area contributed by atoms with E-state index in [1.54, 1.807) is 11.9 Å². The molecule has 12 heavy (non-hydrogen) atoms. The molecule has 68 valence electrons. The van der Waals surface area contributed by atoms with Gasteiger partial charge < -0.3 is 10.2 Å². The number of amides is 2. The van der Waals surface area contributed by atoms with Crippen LogP contribution in [0.5, 0.6) is 0 Å². The second kappa shape index (κ2) is 3.56. The van der Waals surface area contributed by atoms with Crippen molar-refractivity contribution < 1.29 is 9.59 Å². The van der Waals surface area contributed by atoms with E-state index in [-0.39, 0.29) is 17.9 Å². The predicted molar refractivity (Wildman–Crippen MR) is 44.5 cm³/mol. The summed E-state index contributed by atoms with van der Waals surface area (Å²) in [6.07, 6.45) is 1.08.